The third kappa shape index (κ3) is 4.29. The van der Waals surface area contributed by atoms with Crippen LogP contribution in [0.5, 0.6) is 0 Å². The molecule has 0 saturated carbocycles. The minimum absolute atomic E-state index is 0.151. The molecule has 0 aliphatic carbocycles. The SMILES string of the molecule is N#CCN(CC#N)C(=O)Cc1ccc(C(F)(F)F)cc1. The summed E-state index contributed by atoms with van der Waals surface area (Å²) in [6.45, 7) is -0.458. The highest BCUT2D eigenvalue weighted by Gasteiger charge is 2.30. The third-order valence-electron chi connectivity index (χ3n) is 2.51. The summed E-state index contributed by atoms with van der Waals surface area (Å²) in [5.41, 5.74) is -0.400. The Labute approximate surface area is 113 Å². The minimum atomic E-state index is -4.42. The number of rotatable bonds is 4. The summed E-state index contributed by atoms with van der Waals surface area (Å²) in [7, 11) is 0. The zero-order valence-corrected chi connectivity index (χ0v) is 10.3. The number of hydrogen-bond acceptors (Lipinski definition) is 3. The van der Waals surface area contributed by atoms with Crippen LogP contribution in [0.1, 0.15) is 11.1 Å². The van der Waals surface area contributed by atoms with E-state index in [2.05, 4.69) is 0 Å². The molecule has 104 valence electrons. The second-order valence-electron chi connectivity index (χ2n) is 3.94. The van der Waals surface area contributed by atoms with E-state index in [1.807, 2.05) is 0 Å². The van der Waals surface area contributed by atoms with Gasteiger partial charge in [-0.1, -0.05) is 12.1 Å². The van der Waals surface area contributed by atoms with Crippen LogP contribution in [0.25, 0.3) is 0 Å². The number of nitrogens with zero attached hydrogens (tertiary/aromatic N) is 3. The van der Waals surface area contributed by atoms with Crippen molar-refractivity contribution in [1.29, 1.82) is 10.5 Å². The van der Waals surface area contributed by atoms with Gasteiger partial charge < -0.3 is 4.90 Å². The number of hydrogen-bond donors (Lipinski definition) is 0. The van der Waals surface area contributed by atoms with Crippen LogP contribution in [0.15, 0.2) is 24.3 Å². The van der Waals surface area contributed by atoms with E-state index in [4.69, 9.17) is 10.5 Å². The van der Waals surface area contributed by atoms with Crippen LogP contribution >= 0.6 is 0 Å². The molecule has 1 aromatic rings. The van der Waals surface area contributed by atoms with Gasteiger partial charge >= 0.3 is 6.18 Å². The summed E-state index contributed by atoms with van der Waals surface area (Å²) < 4.78 is 37.1. The summed E-state index contributed by atoms with van der Waals surface area (Å²) in [6.07, 6.45) is -4.57. The number of benzene rings is 1. The summed E-state index contributed by atoms with van der Waals surface area (Å²) in [4.78, 5) is 12.8. The van der Waals surface area contributed by atoms with Gasteiger partial charge in [-0.2, -0.15) is 23.7 Å². The smallest absolute Gasteiger partial charge is 0.316 e. The molecule has 0 aliphatic heterocycles. The molecule has 0 unspecified atom stereocenters. The van der Waals surface area contributed by atoms with Crippen molar-refractivity contribution in [3.05, 3.63) is 35.4 Å². The number of amides is 1. The standard InChI is InChI=1S/C13H10F3N3O/c14-13(15,16)11-3-1-10(2-4-11)9-12(20)19(7-5-17)8-6-18/h1-4H,7-9H2. The molecule has 1 rings (SSSR count). The second kappa shape index (κ2) is 6.58. The van der Waals surface area contributed by atoms with E-state index in [9.17, 15) is 18.0 Å². The molecule has 0 saturated heterocycles. The quantitative estimate of drug-likeness (QED) is 0.794. The molecule has 0 atom stereocenters. The number of carbonyl (C=O) groups is 1. The van der Waals surface area contributed by atoms with Crippen molar-refractivity contribution in [2.45, 2.75) is 12.6 Å². The average Bonchev–Trinajstić information content (AvgIpc) is 2.38. The van der Waals surface area contributed by atoms with Crippen LogP contribution in [0.3, 0.4) is 0 Å². The van der Waals surface area contributed by atoms with Crippen molar-refractivity contribution in [1.82, 2.24) is 4.90 Å². The van der Waals surface area contributed by atoms with E-state index in [1.54, 1.807) is 12.1 Å². The van der Waals surface area contributed by atoms with Crippen LogP contribution in [0.4, 0.5) is 13.2 Å². The van der Waals surface area contributed by atoms with Crippen LogP contribution < -0.4 is 0 Å². The molecule has 0 bridgehead atoms. The number of nitriles is 2. The Bertz CT molecular complexity index is 536. The molecule has 1 amide bonds. The lowest BCUT2D eigenvalue weighted by Crippen LogP contribution is -2.33. The van der Waals surface area contributed by atoms with Gasteiger partial charge in [-0.3, -0.25) is 4.79 Å². The van der Waals surface area contributed by atoms with Gasteiger partial charge in [-0.15, -0.1) is 0 Å². The van der Waals surface area contributed by atoms with Gasteiger partial charge in [-0.05, 0) is 17.7 Å². The Morgan fingerprint density at radius 2 is 1.60 bits per heavy atom. The van der Waals surface area contributed by atoms with Gasteiger partial charge in [0.2, 0.25) is 5.91 Å². The highest BCUT2D eigenvalue weighted by molar-refractivity contribution is 5.79. The Balaban J connectivity index is 2.76. The molecule has 0 N–H and O–H groups in total. The molecule has 20 heavy (non-hydrogen) atoms. The highest BCUT2D eigenvalue weighted by Crippen LogP contribution is 2.29. The van der Waals surface area contributed by atoms with E-state index in [-0.39, 0.29) is 19.5 Å². The van der Waals surface area contributed by atoms with Gasteiger partial charge in [0.1, 0.15) is 13.1 Å². The van der Waals surface area contributed by atoms with Crippen molar-refractivity contribution < 1.29 is 18.0 Å². The lowest BCUT2D eigenvalue weighted by atomic mass is 10.1. The van der Waals surface area contributed by atoms with Crippen LogP contribution in [-0.4, -0.2) is 23.9 Å². The predicted molar refractivity (Wildman–Crippen MR) is 63.0 cm³/mol. The molecule has 0 radical (unpaired) electrons. The van der Waals surface area contributed by atoms with Crippen molar-refractivity contribution in [3.63, 3.8) is 0 Å². The Morgan fingerprint density at radius 1 is 1.10 bits per heavy atom. The molecule has 1 aromatic carbocycles. The van der Waals surface area contributed by atoms with Gasteiger partial charge in [0.25, 0.3) is 0 Å². The van der Waals surface area contributed by atoms with Crippen LogP contribution in [-0.2, 0) is 17.4 Å². The number of halogens is 3. The normalized spacial score (nSPS) is 10.4. The fourth-order valence-electron chi connectivity index (χ4n) is 1.50. The topological polar surface area (TPSA) is 67.9 Å². The maximum atomic E-state index is 12.4. The van der Waals surface area contributed by atoms with Crippen molar-refractivity contribution >= 4 is 5.91 Å². The van der Waals surface area contributed by atoms with Gasteiger partial charge in [-0.25, -0.2) is 0 Å². The third-order valence-corrected chi connectivity index (χ3v) is 2.51. The van der Waals surface area contributed by atoms with E-state index >= 15 is 0 Å². The van der Waals surface area contributed by atoms with Crippen LogP contribution in [0.2, 0.25) is 0 Å². The van der Waals surface area contributed by atoms with Crippen molar-refractivity contribution in [2.24, 2.45) is 0 Å². The Kier molecular flexibility index (Phi) is 5.10. The van der Waals surface area contributed by atoms with Gasteiger partial charge in [0, 0.05) is 0 Å². The summed E-state index contributed by atoms with van der Waals surface area (Å²) in [6, 6.07) is 7.70. The van der Waals surface area contributed by atoms with Crippen molar-refractivity contribution in [3.8, 4) is 12.1 Å². The van der Waals surface area contributed by atoms with Gasteiger partial charge in [0.05, 0.1) is 24.1 Å². The van der Waals surface area contributed by atoms with Crippen molar-refractivity contribution in [2.75, 3.05) is 13.1 Å². The van der Waals surface area contributed by atoms with E-state index in [0.29, 0.717) is 5.56 Å². The lowest BCUT2D eigenvalue weighted by molar-refractivity contribution is -0.137. The largest absolute Gasteiger partial charge is 0.416 e. The van der Waals surface area contributed by atoms with E-state index < -0.39 is 17.6 Å². The molecule has 7 heteroatoms. The summed E-state index contributed by atoms with van der Waals surface area (Å²) in [5, 5.41) is 17.1. The summed E-state index contributed by atoms with van der Waals surface area (Å²) >= 11 is 0. The van der Waals surface area contributed by atoms with Gasteiger partial charge in [0.15, 0.2) is 0 Å². The maximum absolute atomic E-state index is 12.4. The molecule has 4 nitrogen and oxygen atoms in total. The minimum Gasteiger partial charge on any atom is -0.316 e. The molecule has 0 aromatic heterocycles. The first-order chi connectivity index (χ1) is 9.38. The monoisotopic (exact) mass is 281 g/mol. The first kappa shape index (κ1) is 15.5. The fourth-order valence-corrected chi connectivity index (χ4v) is 1.50. The lowest BCUT2D eigenvalue weighted by Gasteiger charge is -2.15. The van der Waals surface area contributed by atoms with Crippen LogP contribution in [0, 0.1) is 22.7 Å². The first-order valence-electron chi connectivity index (χ1n) is 5.56. The fraction of sp³-hybridized carbons (Fsp3) is 0.308. The highest BCUT2D eigenvalue weighted by atomic mass is 19.4. The molecular weight excluding hydrogens is 271 g/mol. The summed E-state index contributed by atoms with van der Waals surface area (Å²) in [5.74, 6) is -0.479. The first-order valence-corrected chi connectivity index (χ1v) is 5.56. The predicted octanol–water partition coefficient (Wildman–Crippen LogP) is 2.12. The molecule has 0 heterocycles. The maximum Gasteiger partial charge on any atom is 0.416 e. The van der Waals surface area contributed by atoms with E-state index in [1.165, 1.54) is 12.1 Å². The number of alkyl halides is 3. The molecule has 0 spiro atoms. The zero-order valence-electron chi connectivity index (χ0n) is 10.3. The second-order valence-corrected chi connectivity index (χ2v) is 3.94. The average molecular weight is 281 g/mol. The Hall–Kier alpha value is -2.54. The van der Waals surface area contributed by atoms with E-state index in [0.717, 1.165) is 17.0 Å². The molecule has 0 aliphatic rings. The Morgan fingerprint density at radius 3 is 2.00 bits per heavy atom. The molecular formula is C13H10F3N3O. The zero-order chi connectivity index (χ0) is 15.2. The number of carbonyl (C=O) groups excluding carboxylic acids is 1. The molecule has 0 fully saturated rings.